The van der Waals surface area contributed by atoms with Crippen LogP contribution in [0.3, 0.4) is 0 Å². The van der Waals surface area contributed by atoms with Gasteiger partial charge in [0.15, 0.2) is 5.75 Å². The number of hydrogen-bond donors (Lipinski definition) is 1. The lowest BCUT2D eigenvalue weighted by Gasteiger charge is -2.33. The molecule has 1 aliphatic heterocycles. The average molecular weight is 344 g/mol. The van der Waals surface area contributed by atoms with E-state index in [4.69, 9.17) is 4.74 Å². The van der Waals surface area contributed by atoms with E-state index in [1.165, 1.54) is 12.4 Å². The van der Waals surface area contributed by atoms with Crippen LogP contribution in [0.1, 0.15) is 33.6 Å². The highest BCUT2D eigenvalue weighted by atomic mass is 19.3. The molecule has 0 saturated carbocycles. The summed E-state index contributed by atoms with van der Waals surface area (Å²) in [5.74, 6) is 0.252. The van der Waals surface area contributed by atoms with E-state index in [1.54, 1.807) is 4.90 Å². The maximum absolute atomic E-state index is 12.1. The van der Waals surface area contributed by atoms with Crippen LogP contribution in [-0.2, 0) is 4.74 Å². The molecular formula is C15H22F2N4O3. The fourth-order valence-electron chi connectivity index (χ4n) is 2.27. The molecule has 1 aliphatic rings. The third-order valence-electron chi connectivity index (χ3n) is 3.33. The Kier molecular flexibility index (Phi) is 5.74. The van der Waals surface area contributed by atoms with Crippen molar-refractivity contribution in [2.75, 3.05) is 18.4 Å². The predicted molar refractivity (Wildman–Crippen MR) is 83.1 cm³/mol. The molecule has 1 fully saturated rings. The molecule has 0 aliphatic carbocycles. The number of halogens is 2. The van der Waals surface area contributed by atoms with Crippen molar-refractivity contribution in [3.63, 3.8) is 0 Å². The molecule has 1 saturated heterocycles. The summed E-state index contributed by atoms with van der Waals surface area (Å²) in [7, 11) is 0. The van der Waals surface area contributed by atoms with Gasteiger partial charge in [-0.1, -0.05) is 0 Å². The lowest BCUT2D eigenvalue weighted by Crippen LogP contribution is -2.44. The smallest absolute Gasteiger partial charge is 0.410 e. The summed E-state index contributed by atoms with van der Waals surface area (Å²) in [6.07, 6.45) is 3.51. The normalized spacial score (nSPS) is 16.2. The molecule has 1 amide bonds. The van der Waals surface area contributed by atoms with Crippen molar-refractivity contribution < 1.29 is 23.0 Å². The first-order valence-corrected chi connectivity index (χ1v) is 7.74. The maximum atomic E-state index is 12.1. The van der Waals surface area contributed by atoms with Gasteiger partial charge < -0.3 is 19.7 Å². The molecule has 2 rings (SSSR count). The molecule has 1 aromatic rings. The van der Waals surface area contributed by atoms with E-state index in [0.717, 1.165) is 12.8 Å². The Morgan fingerprint density at radius 1 is 1.29 bits per heavy atom. The zero-order valence-corrected chi connectivity index (χ0v) is 14.0. The van der Waals surface area contributed by atoms with Crippen LogP contribution < -0.4 is 10.1 Å². The third kappa shape index (κ3) is 5.78. The number of amides is 1. The summed E-state index contributed by atoms with van der Waals surface area (Å²) in [5.41, 5.74) is -0.512. The van der Waals surface area contributed by atoms with E-state index in [1.807, 2.05) is 20.8 Å². The summed E-state index contributed by atoms with van der Waals surface area (Å²) in [6, 6.07) is 0.102. The zero-order chi connectivity index (χ0) is 17.7. The van der Waals surface area contributed by atoms with E-state index in [9.17, 15) is 13.6 Å². The van der Waals surface area contributed by atoms with Crippen LogP contribution in [0.2, 0.25) is 0 Å². The number of rotatable bonds is 4. The average Bonchev–Trinajstić information content (AvgIpc) is 2.48. The number of alkyl halides is 2. The lowest BCUT2D eigenvalue weighted by atomic mass is 10.1. The Morgan fingerprint density at radius 2 is 1.88 bits per heavy atom. The monoisotopic (exact) mass is 344 g/mol. The van der Waals surface area contributed by atoms with Crippen molar-refractivity contribution >= 4 is 12.0 Å². The van der Waals surface area contributed by atoms with Gasteiger partial charge in [0.2, 0.25) is 5.95 Å². The first-order chi connectivity index (χ1) is 11.2. The number of nitrogens with one attached hydrogen (secondary N) is 1. The zero-order valence-electron chi connectivity index (χ0n) is 14.0. The van der Waals surface area contributed by atoms with Crippen molar-refractivity contribution in [2.24, 2.45) is 0 Å². The van der Waals surface area contributed by atoms with Crippen molar-refractivity contribution in [1.82, 2.24) is 14.9 Å². The van der Waals surface area contributed by atoms with Crippen LogP contribution in [0.5, 0.6) is 5.75 Å². The first kappa shape index (κ1) is 18.2. The molecule has 0 radical (unpaired) electrons. The van der Waals surface area contributed by atoms with E-state index >= 15 is 0 Å². The second-order valence-corrected chi connectivity index (χ2v) is 6.51. The highest BCUT2D eigenvalue weighted by Crippen LogP contribution is 2.18. The molecule has 1 aromatic heterocycles. The molecule has 2 heterocycles. The molecule has 134 valence electrons. The van der Waals surface area contributed by atoms with Crippen molar-refractivity contribution in [1.29, 1.82) is 0 Å². The Balaban J connectivity index is 1.79. The summed E-state index contributed by atoms with van der Waals surface area (Å²) < 4.78 is 33.7. The molecule has 0 aromatic carbocycles. The second kappa shape index (κ2) is 7.59. The molecule has 9 heteroatoms. The van der Waals surface area contributed by atoms with Crippen LogP contribution >= 0.6 is 0 Å². The van der Waals surface area contributed by atoms with Crippen LogP contribution in [0.15, 0.2) is 12.4 Å². The summed E-state index contributed by atoms with van der Waals surface area (Å²) in [5, 5.41) is 3.13. The van der Waals surface area contributed by atoms with Crippen molar-refractivity contribution in [3.8, 4) is 5.75 Å². The van der Waals surface area contributed by atoms with Gasteiger partial charge in [-0.2, -0.15) is 8.78 Å². The van der Waals surface area contributed by atoms with Gasteiger partial charge in [-0.25, -0.2) is 14.8 Å². The van der Waals surface area contributed by atoms with Crippen LogP contribution in [0.4, 0.5) is 19.5 Å². The van der Waals surface area contributed by atoms with Crippen LogP contribution in [-0.4, -0.2) is 52.3 Å². The highest BCUT2D eigenvalue weighted by molar-refractivity contribution is 5.68. The van der Waals surface area contributed by atoms with E-state index < -0.39 is 12.2 Å². The Bertz CT molecular complexity index is 541. The van der Waals surface area contributed by atoms with Gasteiger partial charge in [0, 0.05) is 19.1 Å². The highest BCUT2D eigenvalue weighted by Gasteiger charge is 2.27. The predicted octanol–water partition coefficient (Wildman–Crippen LogP) is 2.89. The summed E-state index contributed by atoms with van der Waals surface area (Å²) >= 11 is 0. The minimum absolute atomic E-state index is 0.0877. The van der Waals surface area contributed by atoms with Crippen LogP contribution in [0.25, 0.3) is 0 Å². The fraction of sp³-hybridized carbons (Fsp3) is 0.667. The standard InChI is InChI=1S/C15H22F2N4O3/c1-15(2,3)24-14(22)21-6-4-10(5-7-21)20-13-18-8-11(9-19-13)23-12(16)17/h8-10,12H,4-7H2,1-3H3,(H,18,19,20). The van der Waals surface area contributed by atoms with Gasteiger partial charge in [0.1, 0.15) is 5.60 Å². The third-order valence-corrected chi connectivity index (χ3v) is 3.33. The van der Waals surface area contributed by atoms with Gasteiger partial charge in [0.05, 0.1) is 12.4 Å². The number of aromatic nitrogens is 2. The molecule has 7 nitrogen and oxygen atoms in total. The Morgan fingerprint density at radius 3 is 2.38 bits per heavy atom. The van der Waals surface area contributed by atoms with E-state index in [0.29, 0.717) is 19.0 Å². The van der Waals surface area contributed by atoms with Gasteiger partial charge in [-0.15, -0.1) is 0 Å². The van der Waals surface area contributed by atoms with Crippen molar-refractivity contribution in [2.45, 2.75) is 51.9 Å². The molecular weight excluding hydrogens is 322 g/mol. The molecule has 0 atom stereocenters. The minimum atomic E-state index is -2.90. The topological polar surface area (TPSA) is 76.6 Å². The van der Waals surface area contributed by atoms with E-state index in [-0.39, 0.29) is 17.9 Å². The lowest BCUT2D eigenvalue weighted by molar-refractivity contribution is -0.0503. The van der Waals surface area contributed by atoms with E-state index in [2.05, 4.69) is 20.0 Å². The summed E-state index contributed by atoms with van der Waals surface area (Å²) in [6.45, 7) is 3.73. The Labute approximate surface area is 139 Å². The number of ether oxygens (including phenoxy) is 2. The fourth-order valence-corrected chi connectivity index (χ4v) is 2.27. The number of hydrogen-bond acceptors (Lipinski definition) is 6. The number of carbonyl (C=O) groups is 1. The van der Waals surface area contributed by atoms with Gasteiger partial charge >= 0.3 is 12.7 Å². The summed E-state index contributed by atoms with van der Waals surface area (Å²) in [4.78, 5) is 21.5. The number of piperidine rings is 1. The number of likely N-dealkylation sites (tertiary alicyclic amines) is 1. The quantitative estimate of drug-likeness (QED) is 0.905. The molecule has 0 spiro atoms. The molecule has 0 unspecified atom stereocenters. The number of anilines is 1. The van der Waals surface area contributed by atoms with Crippen LogP contribution in [0, 0.1) is 0 Å². The molecule has 0 bridgehead atoms. The van der Waals surface area contributed by atoms with Gasteiger partial charge in [0.25, 0.3) is 0 Å². The largest absolute Gasteiger partial charge is 0.444 e. The second-order valence-electron chi connectivity index (χ2n) is 6.51. The SMILES string of the molecule is CC(C)(C)OC(=O)N1CCC(Nc2ncc(OC(F)F)cn2)CC1. The van der Waals surface area contributed by atoms with Gasteiger partial charge in [-0.3, -0.25) is 0 Å². The minimum Gasteiger partial charge on any atom is -0.444 e. The van der Waals surface area contributed by atoms with Crippen molar-refractivity contribution in [3.05, 3.63) is 12.4 Å². The Hall–Kier alpha value is -2.19. The number of nitrogens with zero attached hydrogens (tertiary/aromatic N) is 3. The first-order valence-electron chi connectivity index (χ1n) is 7.74. The number of carbonyl (C=O) groups excluding carboxylic acids is 1. The maximum Gasteiger partial charge on any atom is 0.410 e. The van der Waals surface area contributed by atoms with Gasteiger partial charge in [-0.05, 0) is 33.6 Å². The molecule has 1 N–H and O–H groups in total. The molecule has 24 heavy (non-hydrogen) atoms.